The van der Waals surface area contributed by atoms with Crippen molar-refractivity contribution in [2.45, 2.75) is 43.0 Å². The van der Waals surface area contributed by atoms with Crippen molar-refractivity contribution in [1.82, 2.24) is 0 Å². The molecule has 0 bridgehead atoms. The lowest BCUT2D eigenvalue weighted by Gasteiger charge is -2.21. The van der Waals surface area contributed by atoms with Gasteiger partial charge in [-0.1, -0.05) is 31.2 Å². The Balaban J connectivity index is 2.18. The van der Waals surface area contributed by atoms with E-state index in [-0.39, 0.29) is 36.3 Å². The van der Waals surface area contributed by atoms with Crippen LogP contribution in [0.25, 0.3) is 0 Å². The van der Waals surface area contributed by atoms with E-state index in [1.807, 2.05) is 6.92 Å². The van der Waals surface area contributed by atoms with E-state index >= 15 is 0 Å². The molecule has 5 nitrogen and oxygen atoms in total. The van der Waals surface area contributed by atoms with E-state index in [1.165, 1.54) is 0 Å². The van der Waals surface area contributed by atoms with Gasteiger partial charge in [-0.2, -0.15) is 0 Å². The molecule has 0 aromatic heterocycles. The van der Waals surface area contributed by atoms with Crippen molar-refractivity contribution < 1.29 is 18.3 Å². The Hall–Kier alpha value is -1.21. The summed E-state index contributed by atoms with van der Waals surface area (Å²) in [6.45, 7) is 5.90. The molecule has 0 saturated carbocycles. The van der Waals surface area contributed by atoms with E-state index in [9.17, 15) is 13.5 Å². The van der Waals surface area contributed by atoms with Gasteiger partial charge >= 0.3 is 0 Å². The van der Waals surface area contributed by atoms with Crippen molar-refractivity contribution in [1.29, 1.82) is 0 Å². The Morgan fingerprint density at radius 2 is 2.00 bits per heavy atom. The molecule has 1 aliphatic rings. The minimum Gasteiger partial charge on any atom is -0.392 e. The van der Waals surface area contributed by atoms with E-state index in [0.29, 0.717) is 17.7 Å². The van der Waals surface area contributed by atoms with E-state index in [2.05, 4.69) is 6.58 Å². The standard InChI is InChI=1S/C18H27NO4S/c1-3-7-17-16(13(2)18(23-17)10-14(20)11-19)12-24(21,22)15-8-5-4-6-9-15/h3-6,8-9,13-14,16-18,20H,1,7,10-12,19H2,2H3/t13-,14+,16-,17+,18?/m1/s1. The van der Waals surface area contributed by atoms with Crippen LogP contribution in [0.15, 0.2) is 47.9 Å². The lowest BCUT2D eigenvalue weighted by molar-refractivity contribution is 0.00350. The average molecular weight is 353 g/mol. The third-order valence-electron chi connectivity index (χ3n) is 4.78. The second kappa shape index (κ2) is 8.25. The summed E-state index contributed by atoms with van der Waals surface area (Å²) in [5.74, 6) is -0.0795. The molecule has 1 aliphatic heterocycles. The van der Waals surface area contributed by atoms with Crippen LogP contribution in [0.2, 0.25) is 0 Å². The lowest BCUT2D eigenvalue weighted by atomic mass is 9.87. The van der Waals surface area contributed by atoms with Crippen molar-refractivity contribution in [2.24, 2.45) is 17.6 Å². The topological polar surface area (TPSA) is 89.6 Å². The number of sulfone groups is 1. The highest BCUT2D eigenvalue weighted by Crippen LogP contribution is 2.38. The van der Waals surface area contributed by atoms with Gasteiger partial charge in [-0.15, -0.1) is 6.58 Å². The molecule has 1 aromatic rings. The minimum absolute atomic E-state index is 0.0228. The van der Waals surface area contributed by atoms with Gasteiger partial charge in [-0.05, 0) is 24.5 Å². The summed E-state index contributed by atoms with van der Waals surface area (Å²) in [4.78, 5) is 0.333. The SMILES string of the molecule is C=CC[C@@H]1OC(C[C@H](O)CN)[C@H](C)[C@H]1CS(=O)(=O)c1ccccc1. The van der Waals surface area contributed by atoms with Crippen LogP contribution in [-0.4, -0.2) is 44.1 Å². The second-order valence-corrected chi connectivity index (χ2v) is 8.51. The Bertz CT molecular complexity index is 632. The number of ether oxygens (including phenoxy) is 1. The van der Waals surface area contributed by atoms with Gasteiger partial charge in [0.1, 0.15) is 0 Å². The maximum absolute atomic E-state index is 12.7. The van der Waals surface area contributed by atoms with Gasteiger partial charge in [0.25, 0.3) is 0 Å². The highest BCUT2D eigenvalue weighted by Gasteiger charge is 2.43. The summed E-state index contributed by atoms with van der Waals surface area (Å²) >= 11 is 0. The molecular formula is C18H27NO4S. The molecule has 0 spiro atoms. The first-order valence-electron chi connectivity index (χ1n) is 8.31. The van der Waals surface area contributed by atoms with E-state index in [0.717, 1.165) is 0 Å². The summed E-state index contributed by atoms with van der Waals surface area (Å²) in [6, 6.07) is 8.49. The van der Waals surface area contributed by atoms with Crippen LogP contribution in [0, 0.1) is 11.8 Å². The maximum Gasteiger partial charge on any atom is 0.178 e. The molecule has 1 heterocycles. The van der Waals surface area contributed by atoms with Crippen molar-refractivity contribution in [2.75, 3.05) is 12.3 Å². The number of hydrogen-bond acceptors (Lipinski definition) is 5. The van der Waals surface area contributed by atoms with Crippen molar-refractivity contribution >= 4 is 9.84 Å². The van der Waals surface area contributed by atoms with E-state index in [4.69, 9.17) is 10.5 Å². The first-order valence-corrected chi connectivity index (χ1v) is 9.96. The zero-order valence-electron chi connectivity index (χ0n) is 14.0. The molecule has 5 atom stereocenters. The predicted molar refractivity (Wildman–Crippen MR) is 94.3 cm³/mol. The van der Waals surface area contributed by atoms with Crippen LogP contribution in [0.1, 0.15) is 19.8 Å². The van der Waals surface area contributed by atoms with Crippen LogP contribution in [-0.2, 0) is 14.6 Å². The maximum atomic E-state index is 12.7. The molecule has 0 aliphatic carbocycles. The fourth-order valence-electron chi connectivity index (χ4n) is 3.33. The number of hydrogen-bond donors (Lipinski definition) is 2. The first kappa shape index (κ1) is 19.1. The molecular weight excluding hydrogens is 326 g/mol. The van der Waals surface area contributed by atoms with Gasteiger partial charge in [0.2, 0.25) is 0 Å². The summed E-state index contributed by atoms with van der Waals surface area (Å²) in [6.07, 6.45) is 1.74. The highest BCUT2D eigenvalue weighted by atomic mass is 32.2. The minimum atomic E-state index is -3.39. The van der Waals surface area contributed by atoms with Crippen LogP contribution < -0.4 is 5.73 Å². The molecule has 1 unspecified atom stereocenters. The predicted octanol–water partition coefficient (Wildman–Crippen LogP) is 1.77. The van der Waals surface area contributed by atoms with Crippen LogP contribution in [0.5, 0.6) is 0 Å². The van der Waals surface area contributed by atoms with Gasteiger partial charge in [-0.3, -0.25) is 0 Å². The van der Waals surface area contributed by atoms with Gasteiger partial charge in [0, 0.05) is 18.9 Å². The third kappa shape index (κ3) is 4.45. The lowest BCUT2D eigenvalue weighted by Crippen LogP contribution is -2.30. The van der Waals surface area contributed by atoms with Crippen LogP contribution in [0.4, 0.5) is 0 Å². The molecule has 24 heavy (non-hydrogen) atoms. The zero-order valence-corrected chi connectivity index (χ0v) is 14.9. The highest BCUT2D eigenvalue weighted by molar-refractivity contribution is 7.91. The first-order chi connectivity index (χ1) is 11.4. The number of aliphatic hydroxyl groups is 1. The fourth-order valence-corrected chi connectivity index (χ4v) is 5.12. The molecule has 134 valence electrons. The van der Waals surface area contributed by atoms with Crippen LogP contribution in [0.3, 0.4) is 0 Å². The zero-order chi connectivity index (χ0) is 17.7. The molecule has 1 saturated heterocycles. The molecule has 2 rings (SSSR count). The number of nitrogens with two attached hydrogens (primary N) is 1. The summed E-state index contributed by atoms with van der Waals surface area (Å²) in [5.41, 5.74) is 5.48. The number of rotatable bonds is 8. The Kier molecular flexibility index (Phi) is 6.57. The summed E-state index contributed by atoms with van der Waals surface area (Å²) in [7, 11) is -3.39. The Morgan fingerprint density at radius 1 is 1.33 bits per heavy atom. The quantitative estimate of drug-likeness (QED) is 0.695. The normalized spacial score (nSPS) is 28.6. The Labute approximate surface area is 144 Å². The number of aliphatic hydroxyl groups excluding tert-OH is 1. The fraction of sp³-hybridized carbons (Fsp3) is 0.556. The average Bonchev–Trinajstić information content (AvgIpc) is 2.84. The summed E-state index contributed by atoms with van der Waals surface area (Å²) in [5, 5.41) is 9.81. The molecule has 1 fully saturated rings. The largest absolute Gasteiger partial charge is 0.392 e. The Morgan fingerprint density at radius 3 is 2.58 bits per heavy atom. The smallest absolute Gasteiger partial charge is 0.178 e. The molecule has 0 radical (unpaired) electrons. The van der Waals surface area contributed by atoms with Crippen molar-refractivity contribution in [3.63, 3.8) is 0 Å². The molecule has 6 heteroatoms. The molecule has 3 N–H and O–H groups in total. The van der Waals surface area contributed by atoms with Gasteiger partial charge in [0.15, 0.2) is 9.84 Å². The van der Waals surface area contributed by atoms with E-state index in [1.54, 1.807) is 36.4 Å². The summed E-state index contributed by atoms with van der Waals surface area (Å²) < 4.78 is 31.5. The van der Waals surface area contributed by atoms with Gasteiger partial charge in [0.05, 0.1) is 29.0 Å². The van der Waals surface area contributed by atoms with Crippen LogP contribution >= 0.6 is 0 Å². The van der Waals surface area contributed by atoms with Gasteiger partial charge in [-0.25, -0.2) is 8.42 Å². The van der Waals surface area contributed by atoms with E-state index < -0.39 is 15.9 Å². The van der Waals surface area contributed by atoms with Gasteiger partial charge < -0.3 is 15.6 Å². The van der Waals surface area contributed by atoms with Crippen molar-refractivity contribution in [3.8, 4) is 0 Å². The molecule has 1 aromatic carbocycles. The monoisotopic (exact) mass is 353 g/mol. The van der Waals surface area contributed by atoms with Crippen molar-refractivity contribution in [3.05, 3.63) is 43.0 Å². The number of benzene rings is 1. The molecule has 0 amide bonds. The third-order valence-corrected chi connectivity index (χ3v) is 6.59. The second-order valence-electron chi connectivity index (χ2n) is 6.48.